The van der Waals surface area contributed by atoms with Gasteiger partial charge in [-0.3, -0.25) is 0 Å². The predicted molar refractivity (Wildman–Crippen MR) is 99.0 cm³/mol. The number of hydrogen-bond donors (Lipinski definition) is 1. The lowest BCUT2D eigenvalue weighted by atomic mass is 10.1. The van der Waals surface area contributed by atoms with Crippen LogP contribution in [-0.4, -0.2) is 21.1 Å². The van der Waals surface area contributed by atoms with E-state index < -0.39 is 10.0 Å². The molecule has 2 rings (SSSR count). The molecule has 0 unspecified atom stereocenters. The lowest BCUT2D eigenvalue weighted by molar-refractivity contribution is 0.309. The van der Waals surface area contributed by atoms with E-state index in [2.05, 4.69) is 11.6 Å². The van der Waals surface area contributed by atoms with Gasteiger partial charge in [-0.1, -0.05) is 51.0 Å². The average molecular weight is 349 g/mol. The van der Waals surface area contributed by atoms with Crippen molar-refractivity contribution < 1.29 is 13.2 Å². The van der Waals surface area contributed by atoms with Crippen LogP contribution in [0, 0.1) is 0 Å². The summed E-state index contributed by atoms with van der Waals surface area (Å²) in [6.45, 7) is 6.62. The zero-order chi connectivity index (χ0) is 17.6. The third-order valence-corrected chi connectivity index (χ3v) is 5.76. The molecule has 24 heavy (non-hydrogen) atoms. The van der Waals surface area contributed by atoms with Gasteiger partial charge < -0.3 is 4.74 Å². The minimum atomic E-state index is -3.55. The second kappa shape index (κ2) is 8.49. The lowest BCUT2D eigenvalue weighted by Gasteiger charge is -2.16. The summed E-state index contributed by atoms with van der Waals surface area (Å²) < 4.78 is 33.9. The first-order valence-corrected chi connectivity index (χ1v) is 10.1. The maximum Gasteiger partial charge on any atom is 0.241 e. The van der Waals surface area contributed by atoms with Crippen LogP contribution in [0.2, 0.25) is 0 Å². The van der Waals surface area contributed by atoms with E-state index in [1.54, 1.807) is 12.1 Å². The molecule has 0 amide bonds. The predicted octanol–water partition coefficient (Wildman–Crippen LogP) is 4.49. The summed E-state index contributed by atoms with van der Waals surface area (Å²) in [7, 11) is -3.55. The van der Waals surface area contributed by atoms with Gasteiger partial charge in [0.2, 0.25) is 10.0 Å². The molecule has 1 N–H and O–H groups in total. The number of ether oxygens (including phenoxy) is 1. The van der Waals surface area contributed by atoms with Crippen molar-refractivity contribution in [2.45, 2.75) is 57.4 Å². The van der Waals surface area contributed by atoms with E-state index in [0.717, 1.165) is 36.8 Å². The Morgan fingerprint density at radius 3 is 2.42 bits per heavy atom. The molecule has 0 saturated carbocycles. The van der Waals surface area contributed by atoms with Crippen LogP contribution in [0.5, 0.6) is 5.75 Å². The van der Waals surface area contributed by atoms with E-state index in [-0.39, 0.29) is 6.04 Å². The standard InChI is InChI=1S/C19H27NO3S/c1-4-6-9-14-23-18-12-13-19(17-11-8-7-10-16(17)18)24(21,22)20-15(3)5-2/h7-8,10-13,15,20H,4-6,9,14H2,1-3H3/t15-/m0/s1. The maximum absolute atomic E-state index is 12.7. The maximum atomic E-state index is 12.7. The number of benzene rings is 2. The molecular weight excluding hydrogens is 322 g/mol. The van der Waals surface area contributed by atoms with Crippen LogP contribution in [0.3, 0.4) is 0 Å². The van der Waals surface area contributed by atoms with Crippen molar-refractivity contribution in [3.05, 3.63) is 36.4 Å². The third kappa shape index (κ3) is 4.48. The topological polar surface area (TPSA) is 55.4 Å². The molecule has 0 aliphatic carbocycles. The summed E-state index contributed by atoms with van der Waals surface area (Å²) in [4.78, 5) is 0.305. The van der Waals surface area contributed by atoms with Gasteiger partial charge in [0.25, 0.3) is 0 Å². The summed E-state index contributed by atoms with van der Waals surface area (Å²) in [5, 5.41) is 1.53. The van der Waals surface area contributed by atoms with Gasteiger partial charge in [0.05, 0.1) is 11.5 Å². The highest BCUT2D eigenvalue weighted by Crippen LogP contribution is 2.31. The molecule has 0 radical (unpaired) electrons. The van der Waals surface area contributed by atoms with E-state index in [0.29, 0.717) is 16.9 Å². The molecule has 0 heterocycles. The molecule has 5 heteroatoms. The van der Waals surface area contributed by atoms with Crippen molar-refractivity contribution >= 4 is 20.8 Å². The van der Waals surface area contributed by atoms with Crippen LogP contribution in [0.4, 0.5) is 0 Å². The van der Waals surface area contributed by atoms with Crippen LogP contribution in [-0.2, 0) is 10.0 Å². The Morgan fingerprint density at radius 1 is 1.04 bits per heavy atom. The molecule has 132 valence electrons. The van der Waals surface area contributed by atoms with Gasteiger partial charge >= 0.3 is 0 Å². The second-order valence-electron chi connectivity index (χ2n) is 6.09. The third-order valence-electron chi connectivity index (χ3n) is 4.11. The van der Waals surface area contributed by atoms with Gasteiger partial charge in [-0.25, -0.2) is 13.1 Å². The van der Waals surface area contributed by atoms with E-state index >= 15 is 0 Å². The largest absolute Gasteiger partial charge is 0.493 e. The number of sulfonamides is 1. The summed E-state index contributed by atoms with van der Waals surface area (Å²) >= 11 is 0. The Kier molecular flexibility index (Phi) is 6.63. The minimum Gasteiger partial charge on any atom is -0.493 e. The van der Waals surface area contributed by atoms with Crippen LogP contribution in [0.15, 0.2) is 41.3 Å². The average Bonchev–Trinajstić information content (AvgIpc) is 2.58. The molecule has 0 saturated heterocycles. The zero-order valence-corrected chi connectivity index (χ0v) is 15.5. The van der Waals surface area contributed by atoms with E-state index in [1.165, 1.54) is 0 Å². The summed E-state index contributed by atoms with van der Waals surface area (Å²) in [6.07, 6.45) is 4.02. The zero-order valence-electron chi connectivity index (χ0n) is 14.7. The highest BCUT2D eigenvalue weighted by molar-refractivity contribution is 7.89. The normalized spacial score (nSPS) is 13.1. The first-order chi connectivity index (χ1) is 11.5. The number of fused-ring (bicyclic) bond motifs is 1. The Hall–Kier alpha value is -1.59. The fraction of sp³-hybridized carbons (Fsp3) is 0.474. The van der Waals surface area contributed by atoms with Crippen LogP contribution in [0.1, 0.15) is 46.5 Å². The first-order valence-electron chi connectivity index (χ1n) is 8.66. The fourth-order valence-corrected chi connectivity index (χ4v) is 4.09. The molecule has 2 aromatic carbocycles. The molecule has 0 bridgehead atoms. The van der Waals surface area contributed by atoms with Crippen molar-refractivity contribution in [3.8, 4) is 5.75 Å². The Morgan fingerprint density at radius 2 is 1.75 bits per heavy atom. The van der Waals surface area contributed by atoms with Crippen molar-refractivity contribution in [1.29, 1.82) is 0 Å². The molecule has 0 aromatic heterocycles. The summed E-state index contributed by atoms with van der Waals surface area (Å²) in [5.41, 5.74) is 0. The van der Waals surface area contributed by atoms with Gasteiger partial charge in [-0.15, -0.1) is 0 Å². The summed E-state index contributed by atoms with van der Waals surface area (Å²) in [6, 6.07) is 10.8. The van der Waals surface area contributed by atoms with Gasteiger partial charge in [-0.05, 0) is 31.9 Å². The molecule has 4 nitrogen and oxygen atoms in total. The number of nitrogens with one attached hydrogen (secondary N) is 1. The smallest absolute Gasteiger partial charge is 0.241 e. The van der Waals surface area contributed by atoms with E-state index in [1.807, 2.05) is 38.1 Å². The summed E-state index contributed by atoms with van der Waals surface area (Å²) in [5.74, 6) is 0.740. The van der Waals surface area contributed by atoms with Crippen LogP contribution >= 0.6 is 0 Å². The van der Waals surface area contributed by atoms with Crippen molar-refractivity contribution in [2.75, 3.05) is 6.61 Å². The van der Waals surface area contributed by atoms with Gasteiger partial charge in [0, 0.05) is 16.8 Å². The molecule has 1 atom stereocenters. The highest BCUT2D eigenvalue weighted by atomic mass is 32.2. The van der Waals surface area contributed by atoms with Gasteiger partial charge in [0.15, 0.2) is 0 Å². The quantitative estimate of drug-likeness (QED) is 0.679. The number of rotatable bonds is 9. The van der Waals surface area contributed by atoms with Crippen molar-refractivity contribution in [3.63, 3.8) is 0 Å². The number of unbranched alkanes of at least 4 members (excludes halogenated alkanes) is 2. The van der Waals surface area contributed by atoms with Crippen LogP contribution in [0.25, 0.3) is 10.8 Å². The molecule has 0 fully saturated rings. The van der Waals surface area contributed by atoms with Gasteiger partial charge in [-0.2, -0.15) is 0 Å². The lowest BCUT2D eigenvalue weighted by Crippen LogP contribution is -2.32. The number of hydrogen-bond acceptors (Lipinski definition) is 3. The molecule has 2 aromatic rings. The van der Waals surface area contributed by atoms with E-state index in [9.17, 15) is 8.42 Å². The minimum absolute atomic E-state index is 0.0984. The Labute approximate surface area is 145 Å². The highest BCUT2D eigenvalue weighted by Gasteiger charge is 2.20. The molecular formula is C19H27NO3S. The van der Waals surface area contributed by atoms with Crippen molar-refractivity contribution in [1.82, 2.24) is 4.72 Å². The molecule has 0 aliphatic heterocycles. The fourth-order valence-electron chi connectivity index (χ4n) is 2.55. The van der Waals surface area contributed by atoms with E-state index in [4.69, 9.17) is 4.74 Å². The van der Waals surface area contributed by atoms with Crippen LogP contribution < -0.4 is 9.46 Å². The second-order valence-corrected chi connectivity index (χ2v) is 7.78. The SMILES string of the molecule is CCCCCOc1ccc(S(=O)(=O)N[C@@H](C)CC)c2ccccc12. The molecule has 0 spiro atoms. The monoisotopic (exact) mass is 349 g/mol. The molecule has 0 aliphatic rings. The first kappa shape index (κ1) is 18.7. The Balaban J connectivity index is 2.37. The Bertz CT molecular complexity index is 771. The van der Waals surface area contributed by atoms with Gasteiger partial charge in [0.1, 0.15) is 5.75 Å². The van der Waals surface area contributed by atoms with Crippen molar-refractivity contribution in [2.24, 2.45) is 0 Å².